The molecule has 3 aliphatic carbocycles. The van der Waals surface area contributed by atoms with Crippen LogP contribution < -0.4 is 4.74 Å². The number of fused-ring (bicyclic) bond motifs is 2. The highest BCUT2D eigenvalue weighted by molar-refractivity contribution is 5.93. The molecule has 5 rings (SSSR count). The van der Waals surface area contributed by atoms with Gasteiger partial charge in [0.1, 0.15) is 5.75 Å². The molecule has 2 nitrogen and oxygen atoms in total. The largest absolute Gasteiger partial charge is 0.423 e. The van der Waals surface area contributed by atoms with Crippen LogP contribution in [0.2, 0.25) is 0 Å². The van der Waals surface area contributed by atoms with E-state index >= 15 is 0 Å². The Bertz CT molecular complexity index is 888. The van der Waals surface area contributed by atoms with Gasteiger partial charge < -0.3 is 4.74 Å². The number of rotatable bonds is 3. The average molecular weight is 332 g/mol. The van der Waals surface area contributed by atoms with Gasteiger partial charge in [0.05, 0.1) is 0 Å². The maximum absolute atomic E-state index is 12.8. The summed E-state index contributed by atoms with van der Waals surface area (Å²) in [5.74, 6) is 2.09. The van der Waals surface area contributed by atoms with E-state index in [1.807, 2.05) is 36.4 Å². The van der Waals surface area contributed by atoms with E-state index in [1.165, 1.54) is 5.57 Å². The van der Waals surface area contributed by atoms with E-state index in [0.717, 1.165) is 22.8 Å². The predicted molar refractivity (Wildman–Crippen MR) is 101 cm³/mol. The summed E-state index contributed by atoms with van der Waals surface area (Å²) in [5, 5.41) is 2.24. The van der Waals surface area contributed by atoms with Crippen LogP contribution in [-0.4, -0.2) is 5.97 Å². The Morgan fingerprint density at radius 3 is 2.56 bits per heavy atom. The molecule has 0 amide bonds. The van der Waals surface area contributed by atoms with E-state index in [0.29, 0.717) is 23.5 Å². The lowest BCUT2D eigenvalue weighted by molar-refractivity contribution is -0.131. The van der Waals surface area contributed by atoms with Gasteiger partial charge >= 0.3 is 5.97 Å². The Balaban J connectivity index is 1.59. The summed E-state index contributed by atoms with van der Waals surface area (Å²) >= 11 is 0. The molecule has 0 aliphatic heterocycles. The fraction of sp³-hybridized carbons (Fsp3) is 0.348. The molecule has 2 heteroatoms. The molecule has 3 atom stereocenters. The van der Waals surface area contributed by atoms with Crippen molar-refractivity contribution < 1.29 is 9.53 Å². The van der Waals surface area contributed by atoms with Gasteiger partial charge in [0.15, 0.2) is 0 Å². The zero-order valence-corrected chi connectivity index (χ0v) is 15.0. The highest BCUT2D eigenvalue weighted by atomic mass is 16.5. The molecule has 0 spiro atoms. The van der Waals surface area contributed by atoms with Crippen molar-refractivity contribution >= 4 is 16.7 Å². The third-order valence-electron chi connectivity index (χ3n) is 5.78. The van der Waals surface area contributed by atoms with Gasteiger partial charge in [0, 0.05) is 11.5 Å². The van der Waals surface area contributed by atoms with Gasteiger partial charge in [-0.3, -0.25) is 0 Å². The molecule has 0 heterocycles. The summed E-state index contributed by atoms with van der Waals surface area (Å²) in [6.45, 7) is 6.68. The van der Waals surface area contributed by atoms with Crippen LogP contribution in [0.1, 0.15) is 27.2 Å². The Labute approximate surface area is 149 Å². The third-order valence-corrected chi connectivity index (χ3v) is 5.78. The molecule has 0 fully saturated rings. The first kappa shape index (κ1) is 16.1. The quantitative estimate of drug-likeness (QED) is 0.419. The minimum atomic E-state index is -0.195. The van der Waals surface area contributed by atoms with Crippen molar-refractivity contribution in [3.63, 3.8) is 0 Å². The lowest BCUT2D eigenvalue weighted by atomic mass is 9.63. The van der Waals surface area contributed by atoms with E-state index in [4.69, 9.17) is 4.74 Å². The van der Waals surface area contributed by atoms with Crippen molar-refractivity contribution in [1.29, 1.82) is 0 Å². The van der Waals surface area contributed by atoms with E-state index in [1.54, 1.807) is 0 Å². The Hall–Kier alpha value is -2.35. The summed E-state index contributed by atoms with van der Waals surface area (Å²) in [6.07, 6.45) is 5.58. The zero-order valence-electron chi connectivity index (χ0n) is 15.0. The lowest BCUT2D eigenvalue weighted by Crippen LogP contribution is -2.36. The molecule has 0 N–H and O–H groups in total. The highest BCUT2D eigenvalue weighted by Crippen LogP contribution is 2.46. The SMILES string of the molecule is CC1=C[C@@H]2C(C(=O)Oc3ccc4ccccc4c3)=C[C@H]1C[C@H]2C(C)C. The van der Waals surface area contributed by atoms with E-state index in [9.17, 15) is 4.79 Å². The van der Waals surface area contributed by atoms with Gasteiger partial charge in [-0.05, 0) is 54.0 Å². The van der Waals surface area contributed by atoms with Gasteiger partial charge in [0.25, 0.3) is 0 Å². The minimum absolute atomic E-state index is 0.193. The minimum Gasteiger partial charge on any atom is -0.423 e. The summed E-state index contributed by atoms with van der Waals surface area (Å²) in [6, 6.07) is 13.9. The number of carbonyl (C=O) groups is 1. The van der Waals surface area contributed by atoms with Crippen LogP contribution in [0.15, 0.2) is 65.8 Å². The number of ether oxygens (including phenoxy) is 1. The van der Waals surface area contributed by atoms with Gasteiger partial charge in [0.2, 0.25) is 0 Å². The van der Waals surface area contributed by atoms with Crippen LogP contribution in [0.3, 0.4) is 0 Å². The molecule has 2 bridgehead atoms. The summed E-state index contributed by atoms with van der Waals surface area (Å²) < 4.78 is 5.74. The van der Waals surface area contributed by atoms with Crippen LogP contribution in [0.5, 0.6) is 5.75 Å². The topological polar surface area (TPSA) is 26.3 Å². The summed E-state index contributed by atoms with van der Waals surface area (Å²) in [7, 11) is 0. The van der Waals surface area contributed by atoms with Crippen molar-refractivity contribution in [1.82, 2.24) is 0 Å². The Kier molecular flexibility index (Phi) is 3.99. The smallest absolute Gasteiger partial charge is 0.339 e. The molecule has 2 aromatic carbocycles. The number of benzene rings is 2. The van der Waals surface area contributed by atoms with Gasteiger partial charge in [-0.25, -0.2) is 4.79 Å². The molecule has 0 saturated heterocycles. The maximum atomic E-state index is 12.8. The van der Waals surface area contributed by atoms with E-state index in [-0.39, 0.29) is 11.9 Å². The van der Waals surface area contributed by atoms with Crippen LogP contribution in [-0.2, 0) is 4.79 Å². The zero-order chi connectivity index (χ0) is 17.6. The Morgan fingerprint density at radius 1 is 1.08 bits per heavy atom. The maximum Gasteiger partial charge on any atom is 0.339 e. The van der Waals surface area contributed by atoms with Gasteiger partial charge in [-0.2, -0.15) is 0 Å². The Morgan fingerprint density at radius 2 is 1.84 bits per heavy atom. The predicted octanol–water partition coefficient (Wildman–Crippen LogP) is 5.54. The fourth-order valence-corrected chi connectivity index (χ4v) is 4.29. The van der Waals surface area contributed by atoms with E-state index < -0.39 is 0 Å². The number of hydrogen-bond acceptors (Lipinski definition) is 2. The number of allylic oxidation sites excluding steroid dienone is 3. The molecule has 25 heavy (non-hydrogen) atoms. The second-order valence-corrected chi connectivity index (χ2v) is 7.71. The molecule has 128 valence electrons. The molecule has 0 radical (unpaired) electrons. The van der Waals surface area contributed by atoms with Crippen LogP contribution >= 0.6 is 0 Å². The van der Waals surface area contributed by atoms with E-state index in [2.05, 4.69) is 39.0 Å². The van der Waals surface area contributed by atoms with Crippen molar-refractivity contribution in [2.75, 3.05) is 0 Å². The third kappa shape index (κ3) is 2.90. The first-order valence-corrected chi connectivity index (χ1v) is 9.14. The van der Waals surface area contributed by atoms with Crippen molar-refractivity contribution in [3.8, 4) is 5.75 Å². The standard InChI is InChI=1S/C23H24O2/c1-14(2)20-12-18-13-22(21(20)10-15(18)3)23(24)25-19-9-8-16-6-4-5-7-17(16)11-19/h4-11,13-14,18,20-21H,12H2,1-3H3/t18-,20+,21+/m1/s1. The normalized spacial score (nSPS) is 25.0. The van der Waals surface area contributed by atoms with Crippen LogP contribution in [0.4, 0.5) is 0 Å². The number of hydrogen-bond donors (Lipinski definition) is 0. The van der Waals surface area contributed by atoms with Gasteiger partial charge in [-0.15, -0.1) is 0 Å². The molecule has 0 saturated carbocycles. The molecule has 0 aromatic heterocycles. The summed E-state index contributed by atoms with van der Waals surface area (Å²) in [4.78, 5) is 12.8. The molecule has 3 aliphatic rings. The van der Waals surface area contributed by atoms with Crippen LogP contribution in [0, 0.1) is 23.7 Å². The number of carbonyl (C=O) groups excluding carboxylic acids is 1. The summed E-state index contributed by atoms with van der Waals surface area (Å²) in [5.41, 5.74) is 2.23. The average Bonchev–Trinajstić information content (AvgIpc) is 2.61. The highest BCUT2D eigenvalue weighted by Gasteiger charge is 2.40. The molecular weight excluding hydrogens is 308 g/mol. The van der Waals surface area contributed by atoms with Crippen molar-refractivity contribution in [3.05, 3.63) is 65.8 Å². The lowest BCUT2D eigenvalue weighted by Gasteiger charge is -2.41. The molecule has 0 unspecified atom stereocenters. The second kappa shape index (κ2) is 6.18. The fourth-order valence-electron chi connectivity index (χ4n) is 4.29. The van der Waals surface area contributed by atoms with Crippen molar-refractivity contribution in [2.45, 2.75) is 27.2 Å². The number of esters is 1. The van der Waals surface area contributed by atoms with Crippen molar-refractivity contribution in [2.24, 2.45) is 23.7 Å². The monoisotopic (exact) mass is 332 g/mol. The van der Waals surface area contributed by atoms with Crippen LogP contribution in [0.25, 0.3) is 10.8 Å². The van der Waals surface area contributed by atoms with Gasteiger partial charge in [-0.1, -0.05) is 61.9 Å². The first-order valence-electron chi connectivity index (χ1n) is 9.14. The second-order valence-electron chi connectivity index (χ2n) is 7.71. The molecule has 2 aromatic rings. The molecular formula is C23H24O2. The first-order chi connectivity index (χ1) is 12.0.